The summed E-state index contributed by atoms with van der Waals surface area (Å²) in [6.07, 6.45) is 0.955. The van der Waals surface area contributed by atoms with E-state index in [1.165, 1.54) is 0 Å². The lowest BCUT2D eigenvalue weighted by Gasteiger charge is -2.27. The number of alkyl halides is 3. The zero-order valence-electron chi connectivity index (χ0n) is 9.80. The second-order valence-corrected chi connectivity index (χ2v) is 5.04. The van der Waals surface area contributed by atoms with Crippen molar-refractivity contribution in [2.24, 2.45) is 0 Å². The van der Waals surface area contributed by atoms with Gasteiger partial charge in [0.2, 0.25) is 5.92 Å². The molecule has 1 saturated carbocycles. The molecule has 0 aromatic carbocycles. The molecule has 0 radical (unpaired) electrons. The van der Waals surface area contributed by atoms with Crippen LogP contribution >= 0.6 is 15.9 Å². The predicted molar refractivity (Wildman–Crippen MR) is 64.5 cm³/mol. The van der Waals surface area contributed by atoms with Crippen molar-refractivity contribution in [3.05, 3.63) is 11.6 Å². The molecule has 96 valence electrons. The van der Waals surface area contributed by atoms with Gasteiger partial charge in [0.25, 0.3) is 0 Å². The van der Waals surface area contributed by atoms with Gasteiger partial charge in [0, 0.05) is 25.3 Å². The third kappa shape index (κ3) is 2.67. The molecule has 0 aliphatic heterocycles. The summed E-state index contributed by atoms with van der Waals surface area (Å²) >= 11 is 3.36. The van der Waals surface area contributed by atoms with Gasteiger partial charge in [-0.25, -0.2) is 8.78 Å². The normalized spacial score (nSPS) is 20.7. The SMILES string of the molecule is CCn1c(CBr)nnc1C1CCC(F)(F)CC1. The molecule has 1 aromatic rings. The summed E-state index contributed by atoms with van der Waals surface area (Å²) in [7, 11) is 0. The Morgan fingerprint density at radius 3 is 2.53 bits per heavy atom. The van der Waals surface area contributed by atoms with Crippen LogP contribution in [-0.4, -0.2) is 20.7 Å². The van der Waals surface area contributed by atoms with Crippen molar-refractivity contribution in [2.75, 3.05) is 0 Å². The highest BCUT2D eigenvalue weighted by Crippen LogP contribution is 2.40. The maximum absolute atomic E-state index is 13.1. The first-order valence-electron chi connectivity index (χ1n) is 5.93. The van der Waals surface area contributed by atoms with Gasteiger partial charge in [-0.15, -0.1) is 10.2 Å². The standard InChI is InChI=1S/C11H16BrF2N3/c1-2-17-9(7-12)15-16-10(17)8-3-5-11(13,14)6-4-8/h8H,2-7H2,1H3. The summed E-state index contributed by atoms with van der Waals surface area (Å²) in [5.41, 5.74) is 0. The van der Waals surface area contributed by atoms with E-state index in [1.807, 2.05) is 11.5 Å². The lowest BCUT2D eigenvalue weighted by Crippen LogP contribution is -2.25. The number of aromatic nitrogens is 3. The molecule has 0 amide bonds. The Balaban J connectivity index is 2.15. The Labute approximate surface area is 108 Å². The van der Waals surface area contributed by atoms with Gasteiger partial charge in [-0.3, -0.25) is 0 Å². The predicted octanol–water partition coefficient (Wildman–Crippen LogP) is 3.49. The van der Waals surface area contributed by atoms with Crippen molar-refractivity contribution in [1.29, 1.82) is 0 Å². The molecule has 1 heterocycles. The molecule has 0 N–H and O–H groups in total. The van der Waals surface area contributed by atoms with Crippen LogP contribution in [0.2, 0.25) is 0 Å². The Bertz CT molecular complexity index is 382. The summed E-state index contributed by atoms with van der Waals surface area (Å²) in [5.74, 6) is -0.599. The van der Waals surface area contributed by atoms with Crippen molar-refractivity contribution in [1.82, 2.24) is 14.8 Å². The fourth-order valence-electron chi connectivity index (χ4n) is 2.39. The molecule has 17 heavy (non-hydrogen) atoms. The fourth-order valence-corrected chi connectivity index (χ4v) is 2.81. The van der Waals surface area contributed by atoms with E-state index in [1.54, 1.807) is 0 Å². The Hall–Kier alpha value is -0.520. The summed E-state index contributed by atoms with van der Waals surface area (Å²) < 4.78 is 28.2. The van der Waals surface area contributed by atoms with E-state index in [4.69, 9.17) is 0 Å². The monoisotopic (exact) mass is 307 g/mol. The molecule has 1 aliphatic carbocycles. The molecule has 0 saturated heterocycles. The van der Waals surface area contributed by atoms with E-state index in [9.17, 15) is 8.78 Å². The highest BCUT2D eigenvalue weighted by molar-refractivity contribution is 9.08. The summed E-state index contributed by atoms with van der Waals surface area (Å²) in [4.78, 5) is 0. The average Bonchev–Trinajstić information content (AvgIpc) is 2.71. The van der Waals surface area contributed by atoms with Crippen molar-refractivity contribution >= 4 is 15.9 Å². The van der Waals surface area contributed by atoms with Gasteiger partial charge in [-0.1, -0.05) is 15.9 Å². The first-order chi connectivity index (χ1) is 8.07. The van der Waals surface area contributed by atoms with Gasteiger partial charge in [0.1, 0.15) is 11.6 Å². The van der Waals surface area contributed by atoms with E-state index < -0.39 is 5.92 Å². The molecule has 1 aromatic heterocycles. The van der Waals surface area contributed by atoms with Gasteiger partial charge >= 0.3 is 0 Å². The molecule has 0 spiro atoms. The smallest absolute Gasteiger partial charge is 0.248 e. The molecule has 1 aliphatic rings. The summed E-state index contributed by atoms with van der Waals surface area (Å²) in [6, 6.07) is 0. The highest BCUT2D eigenvalue weighted by atomic mass is 79.9. The fraction of sp³-hybridized carbons (Fsp3) is 0.818. The van der Waals surface area contributed by atoms with E-state index in [0.717, 1.165) is 18.2 Å². The molecule has 0 bridgehead atoms. The van der Waals surface area contributed by atoms with Gasteiger partial charge in [-0.2, -0.15) is 0 Å². The van der Waals surface area contributed by atoms with Gasteiger partial charge in [0.05, 0.1) is 5.33 Å². The molecule has 6 heteroatoms. The molecular formula is C11H16BrF2N3. The Morgan fingerprint density at radius 2 is 2.00 bits per heavy atom. The minimum atomic E-state index is -2.48. The number of halogens is 3. The van der Waals surface area contributed by atoms with Crippen LogP contribution in [0.1, 0.15) is 50.2 Å². The lowest BCUT2D eigenvalue weighted by atomic mass is 9.86. The second kappa shape index (κ2) is 5.00. The van der Waals surface area contributed by atoms with E-state index in [0.29, 0.717) is 18.2 Å². The van der Waals surface area contributed by atoms with Crippen LogP contribution in [0.3, 0.4) is 0 Å². The lowest BCUT2D eigenvalue weighted by molar-refractivity contribution is -0.0390. The van der Waals surface area contributed by atoms with Crippen LogP contribution < -0.4 is 0 Å². The molecule has 3 nitrogen and oxygen atoms in total. The first-order valence-corrected chi connectivity index (χ1v) is 7.05. The third-order valence-corrected chi connectivity index (χ3v) is 3.88. The van der Waals surface area contributed by atoms with Crippen molar-refractivity contribution in [3.63, 3.8) is 0 Å². The molecule has 1 fully saturated rings. The molecular weight excluding hydrogens is 292 g/mol. The van der Waals surface area contributed by atoms with Crippen LogP contribution in [0.15, 0.2) is 0 Å². The Kier molecular flexibility index (Phi) is 3.80. The van der Waals surface area contributed by atoms with Gasteiger partial charge in [0.15, 0.2) is 0 Å². The quantitative estimate of drug-likeness (QED) is 0.800. The summed E-state index contributed by atoms with van der Waals surface area (Å²) in [5, 5.41) is 8.91. The number of hydrogen-bond acceptors (Lipinski definition) is 2. The first kappa shape index (κ1) is 12.9. The highest BCUT2D eigenvalue weighted by Gasteiger charge is 2.37. The zero-order chi connectivity index (χ0) is 12.5. The van der Waals surface area contributed by atoms with Crippen molar-refractivity contribution < 1.29 is 8.78 Å². The van der Waals surface area contributed by atoms with Crippen LogP contribution in [0.25, 0.3) is 0 Å². The van der Waals surface area contributed by atoms with E-state index >= 15 is 0 Å². The topological polar surface area (TPSA) is 30.7 Å². The van der Waals surface area contributed by atoms with Crippen LogP contribution in [0.5, 0.6) is 0 Å². The second-order valence-electron chi connectivity index (χ2n) is 4.48. The maximum atomic E-state index is 13.1. The van der Waals surface area contributed by atoms with Crippen LogP contribution in [0.4, 0.5) is 8.78 Å². The van der Waals surface area contributed by atoms with E-state index in [-0.39, 0.29) is 18.8 Å². The molecule has 0 atom stereocenters. The zero-order valence-corrected chi connectivity index (χ0v) is 11.4. The van der Waals surface area contributed by atoms with Crippen molar-refractivity contribution in [3.8, 4) is 0 Å². The average molecular weight is 308 g/mol. The van der Waals surface area contributed by atoms with Crippen molar-refractivity contribution in [2.45, 2.75) is 56.3 Å². The number of rotatable bonds is 3. The Morgan fingerprint density at radius 1 is 1.35 bits per heavy atom. The minimum absolute atomic E-state index is 0.0299. The number of hydrogen-bond donors (Lipinski definition) is 0. The van der Waals surface area contributed by atoms with E-state index in [2.05, 4.69) is 26.1 Å². The van der Waals surface area contributed by atoms with Crippen LogP contribution in [0, 0.1) is 0 Å². The van der Waals surface area contributed by atoms with Gasteiger partial charge < -0.3 is 4.57 Å². The molecule has 2 rings (SSSR count). The minimum Gasteiger partial charge on any atom is -0.314 e. The molecule has 0 unspecified atom stereocenters. The largest absolute Gasteiger partial charge is 0.314 e. The van der Waals surface area contributed by atoms with Crippen LogP contribution in [-0.2, 0) is 11.9 Å². The van der Waals surface area contributed by atoms with Gasteiger partial charge in [-0.05, 0) is 19.8 Å². The summed E-state index contributed by atoms with van der Waals surface area (Å²) in [6.45, 7) is 2.81. The third-order valence-electron chi connectivity index (χ3n) is 3.37. The number of nitrogens with zero attached hydrogens (tertiary/aromatic N) is 3. The maximum Gasteiger partial charge on any atom is 0.248 e.